The second kappa shape index (κ2) is 3.44. The van der Waals surface area contributed by atoms with E-state index in [1.165, 1.54) is 13.2 Å². The normalized spacial score (nSPS) is 9.69. The largest absolute Gasteiger partial charge is 0.613 e. The smallest absolute Gasteiger partial charge is 0.514 e. The van der Waals surface area contributed by atoms with Crippen molar-refractivity contribution in [3.63, 3.8) is 0 Å². The topological polar surface area (TPSA) is 79.3 Å². The third-order valence-corrected chi connectivity index (χ3v) is 1.72. The molecule has 1 aromatic heterocycles. The predicted molar refractivity (Wildman–Crippen MR) is 43.6 cm³/mol. The number of halogens is 1. The van der Waals surface area contributed by atoms with Crippen molar-refractivity contribution in [3.05, 3.63) is 32.6 Å². The first-order chi connectivity index (χ1) is 6.07. The van der Waals surface area contributed by atoms with Crippen LogP contribution in [0.3, 0.4) is 0 Å². The van der Waals surface area contributed by atoms with Crippen molar-refractivity contribution in [3.8, 4) is 5.75 Å². The summed E-state index contributed by atoms with van der Waals surface area (Å²) in [4.78, 5) is 9.44. The summed E-state index contributed by atoms with van der Waals surface area (Å²) in [5, 5.41) is 21.0. The Morgan fingerprint density at radius 2 is 2.23 bits per heavy atom. The molecule has 0 saturated heterocycles. The first-order valence-corrected chi connectivity index (χ1v) is 3.56. The van der Waals surface area contributed by atoms with Gasteiger partial charge in [0.25, 0.3) is 0 Å². The molecular weight excluding hydrogens is 200 g/mol. The van der Waals surface area contributed by atoms with Gasteiger partial charge in [-0.3, -0.25) is 10.1 Å². The second-order valence-electron chi connectivity index (χ2n) is 2.10. The predicted octanol–water partition coefficient (Wildman–Crippen LogP) is 0.890. The van der Waals surface area contributed by atoms with E-state index in [2.05, 4.69) is 4.74 Å². The number of methoxy groups -OCH3 is 1. The van der Waals surface area contributed by atoms with Crippen LogP contribution in [-0.4, -0.2) is 12.0 Å². The summed E-state index contributed by atoms with van der Waals surface area (Å²) < 4.78 is 4.69. The SMILES string of the molecule is COc1ccc([N+](=O)[O-])[n+]([O-])c1Cl. The van der Waals surface area contributed by atoms with Gasteiger partial charge in [-0.1, -0.05) is 4.73 Å². The fraction of sp³-hybridized carbons (Fsp3) is 0.167. The average Bonchev–Trinajstić information content (AvgIpc) is 2.09. The third kappa shape index (κ3) is 1.62. The highest BCUT2D eigenvalue weighted by atomic mass is 35.5. The average molecular weight is 205 g/mol. The van der Waals surface area contributed by atoms with Crippen molar-refractivity contribution >= 4 is 17.4 Å². The first-order valence-electron chi connectivity index (χ1n) is 3.18. The fourth-order valence-corrected chi connectivity index (χ4v) is 1.00. The molecular formula is C6H5ClN2O4. The van der Waals surface area contributed by atoms with E-state index in [0.717, 1.165) is 6.07 Å². The van der Waals surface area contributed by atoms with Crippen LogP contribution in [-0.2, 0) is 0 Å². The number of nitrogens with zero attached hydrogens (tertiary/aromatic N) is 2. The molecule has 0 unspecified atom stereocenters. The maximum absolute atomic E-state index is 11.1. The summed E-state index contributed by atoms with van der Waals surface area (Å²) >= 11 is 5.46. The van der Waals surface area contributed by atoms with Crippen molar-refractivity contribution < 1.29 is 14.4 Å². The third-order valence-electron chi connectivity index (χ3n) is 1.38. The molecule has 7 heteroatoms. The molecule has 0 N–H and O–H groups in total. The molecule has 0 spiro atoms. The van der Waals surface area contributed by atoms with E-state index in [-0.39, 0.29) is 15.6 Å². The van der Waals surface area contributed by atoms with E-state index in [0.29, 0.717) is 0 Å². The molecule has 13 heavy (non-hydrogen) atoms. The van der Waals surface area contributed by atoms with Crippen molar-refractivity contribution in [2.24, 2.45) is 0 Å². The lowest BCUT2D eigenvalue weighted by Gasteiger charge is -2.02. The Labute approximate surface area is 78.0 Å². The van der Waals surface area contributed by atoms with Gasteiger partial charge in [0.05, 0.1) is 13.2 Å². The Balaban J connectivity index is 3.31. The fourth-order valence-electron chi connectivity index (χ4n) is 0.775. The van der Waals surface area contributed by atoms with Gasteiger partial charge in [0.15, 0.2) is 0 Å². The Kier molecular flexibility index (Phi) is 2.52. The monoisotopic (exact) mass is 204 g/mol. The zero-order valence-corrected chi connectivity index (χ0v) is 7.32. The van der Waals surface area contributed by atoms with Crippen molar-refractivity contribution in [2.75, 3.05) is 7.11 Å². The molecule has 1 rings (SSSR count). The van der Waals surface area contributed by atoms with Crippen LogP contribution in [0.15, 0.2) is 12.1 Å². The van der Waals surface area contributed by atoms with Crippen molar-refractivity contribution in [1.82, 2.24) is 0 Å². The molecule has 0 atom stereocenters. The maximum atomic E-state index is 11.1. The zero-order valence-electron chi connectivity index (χ0n) is 6.56. The maximum Gasteiger partial charge on any atom is 0.514 e. The molecule has 0 aliphatic carbocycles. The van der Waals surface area contributed by atoms with Gasteiger partial charge in [-0.05, 0) is 11.6 Å². The Morgan fingerprint density at radius 1 is 1.62 bits per heavy atom. The minimum absolute atomic E-state index is 0.000386. The molecule has 6 nitrogen and oxygen atoms in total. The van der Waals surface area contributed by atoms with Crippen molar-refractivity contribution in [1.29, 1.82) is 0 Å². The van der Waals surface area contributed by atoms with Crippen molar-refractivity contribution in [2.45, 2.75) is 0 Å². The molecule has 0 aromatic carbocycles. The minimum Gasteiger partial charge on any atom is -0.613 e. The number of ether oxygens (including phenoxy) is 1. The molecule has 1 aromatic rings. The van der Waals surface area contributed by atoms with Gasteiger partial charge in [-0.25, -0.2) is 0 Å². The molecule has 0 aliphatic heterocycles. The van der Waals surface area contributed by atoms with Gasteiger partial charge in [-0.2, -0.15) is 0 Å². The molecule has 1 heterocycles. The lowest BCUT2D eigenvalue weighted by atomic mass is 10.4. The summed E-state index contributed by atoms with van der Waals surface area (Å²) in [6.45, 7) is 0. The number of hydrogen-bond acceptors (Lipinski definition) is 4. The van der Waals surface area contributed by atoms with E-state index in [1.807, 2.05) is 0 Å². The molecule has 0 bridgehead atoms. The first kappa shape index (κ1) is 9.53. The van der Waals surface area contributed by atoms with Gasteiger partial charge in [0.1, 0.15) is 4.92 Å². The van der Waals surface area contributed by atoms with E-state index in [4.69, 9.17) is 11.6 Å². The molecule has 0 saturated carbocycles. The van der Waals surface area contributed by atoms with E-state index >= 15 is 0 Å². The lowest BCUT2D eigenvalue weighted by molar-refractivity contribution is -0.663. The highest BCUT2D eigenvalue weighted by Crippen LogP contribution is 2.21. The highest BCUT2D eigenvalue weighted by molar-refractivity contribution is 6.29. The van der Waals surface area contributed by atoms with Gasteiger partial charge in [-0.15, -0.1) is 0 Å². The van der Waals surface area contributed by atoms with Crippen LogP contribution in [0, 0.1) is 15.3 Å². The van der Waals surface area contributed by atoms with Crippen LogP contribution < -0.4 is 9.47 Å². The minimum atomic E-state index is -0.821. The number of nitro groups is 1. The summed E-state index contributed by atoms with van der Waals surface area (Å²) in [6, 6.07) is 2.28. The van der Waals surface area contributed by atoms with E-state index in [1.54, 1.807) is 0 Å². The summed E-state index contributed by atoms with van der Waals surface area (Å²) in [5.74, 6) is -0.534. The van der Waals surface area contributed by atoms with Gasteiger partial charge < -0.3 is 9.94 Å². The number of aromatic nitrogens is 1. The quantitative estimate of drug-likeness (QED) is 0.236. The highest BCUT2D eigenvalue weighted by Gasteiger charge is 2.23. The molecule has 70 valence electrons. The summed E-state index contributed by atoms with van der Waals surface area (Å²) in [6.07, 6.45) is 0. The molecule has 0 radical (unpaired) electrons. The van der Waals surface area contributed by atoms with E-state index in [9.17, 15) is 15.3 Å². The molecule has 0 fully saturated rings. The Bertz CT molecular complexity index is 355. The van der Waals surface area contributed by atoms with E-state index < -0.39 is 10.7 Å². The summed E-state index contributed by atoms with van der Waals surface area (Å²) in [5.41, 5.74) is 0. The Hall–Kier alpha value is -1.56. The second-order valence-corrected chi connectivity index (χ2v) is 2.46. The van der Waals surface area contributed by atoms with Crippen LogP contribution >= 0.6 is 11.6 Å². The lowest BCUT2D eigenvalue weighted by Crippen LogP contribution is -2.31. The molecule has 0 amide bonds. The van der Waals surface area contributed by atoms with Crippen LogP contribution in [0.4, 0.5) is 5.82 Å². The van der Waals surface area contributed by atoms with Crippen LogP contribution in [0.1, 0.15) is 0 Å². The van der Waals surface area contributed by atoms with Gasteiger partial charge >= 0.3 is 11.0 Å². The zero-order chi connectivity index (χ0) is 10.0. The number of rotatable bonds is 2. The molecule has 0 aliphatic rings. The van der Waals surface area contributed by atoms with Gasteiger partial charge in [0, 0.05) is 6.07 Å². The Morgan fingerprint density at radius 3 is 2.69 bits per heavy atom. The van der Waals surface area contributed by atoms with Crippen LogP contribution in [0.25, 0.3) is 0 Å². The van der Waals surface area contributed by atoms with Crippen LogP contribution in [0.2, 0.25) is 5.15 Å². The number of hydrogen-bond donors (Lipinski definition) is 0. The van der Waals surface area contributed by atoms with Crippen LogP contribution in [0.5, 0.6) is 5.75 Å². The summed E-state index contributed by atoms with van der Waals surface area (Å²) in [7, 11) is 1.31. The number of pyridine rings is 1. The van der Waals surface area contributed by atoms with Gasteiger partial charge in [0.2, 0.25) is 5.75 Å². The standard InChI is InChI=1S/C6H5ClN2O4/c1-13-4-2-3-5(9(11)12)8(10)6(4)7/h2-3H,1H3.